The van der Waals surface area contributed by atoms with E-state index in [0.29, 0.717) is 0 Å². The van der Waals surface area contributed by atoms with E-state index in [-0.39, 0.29) is 0 Å². The standard InChI is InChI=1S/C15H21NO/c1-5-8-16-9-14-12(4)13-7-6-10(2)11(3)15(13)17-14/h6-7,16H,5,8-9H2,1-4H3. The van der Waals surface area contributed by atoms with Gasteiger partial charge in [0, 0.05) is 5.39 Å². The van der Waals surface area contributed by atoms with Gasteiger partial charge in [0.05, 0.1) is 6.54 Å². The average Bonchev–Trinajstić information content (AvgIpc) is 2.63. The summed E-state index contributed by atoms with van der Waals surface area (Å²) in [6, 6.07) is 4.34. The number of hydrogen-bond donors (Lipinski definition) is 1. The molecule has 0 saturated heterocycles. The first-order chi connectivity index (χ1) is 8.15. The van der Waals surface area contributed by atoms with Gasteiger partial charge in [0.2, 0.25) is 0 Å². The largest absolute Gasteiger partial charge is 0.459 e. The van der Waals surface area contributed by atoms with Crippen LogP contribution in [-0.2, 0) is 6.54 Å². The summed E-state index contributed by atoms with van der Waals surface area (Å²) in [5.74, 6) is 1.07. The van der Waals surface area contributed by atoms with E-state index < -0.39 is 0 Å². The molecular weight excluding hydrogens is 210 g/mol. The van der Waals surface area contributed by atoms with Gasteiger partial charge < -0.3 is 9.73 Å². The van der Waals surface area contributed by atoms with E-state index in [4.69, 9.17) is 4.42 Å². The Morgan fingerprint density at radius 1 is 1.12 bits per heavy atom. The molecular formula is C15H21NO. The summed E-state index contributed by atoms with van der Waals surface area (Å²) in [7, 11) is 0. The summed E-state index contributed by atoms with van der Waals surface area (Å²) in [5, 5.41) is 4.64. The van der Waals surface area contributed by atoms with Gasteiger partial charge in [-0.05, 0) is 50.4 Å². The molecule has 1 heterocycles. The third-order valence-corrected chi connectivity index (χ3v) is 3.44. The van der Waals surface area contributed by atoms with Gasteiger partial charge in [-0.2, -0.15) is 0 Å². The smallest absolute Gasteiger partial charge is 0.137 e. The Kier molecular flexibility index (Phi) is 3.53. The normalized spacial score (nSPS) is 11.3. The Morgan fingerprint density at radius 3 is 2.59 bits per heavy atom. The Labute approximate surface area is 103 Å². The fourth-order valence-corrected chi connectivity index (χ4v) is 2.11. The van der Waals surface area contributed by atoms with Crippen molar-refractivity contribution in [3.05, 3.63) is 34.6 Å². The van der Waals surface area contributed by atoms with E-state index in [1.165, 1.54) is 22.1 Å². The maximum absolute atomic E-state index is 5.99. The highest BCUT2D eigenvalue weighted by Gasteiger charge is 2.12. The van der Waals surface area contributed by atoms with Crippen molar-refractivity contribution in [3.8, 4) is 0 Å². The average molecular weight is 231 g/mol. The summed E-state index contributed by atoms with van der Waals surface area (Å²) < 4.78 is 5.99. The van der Waals surface area contributed by atoms with Gasteiger partial charge in [-0.15, -0.1) is 0 Å². The molecule has 0 aliphatic heterocycles. The Bertz CT molecular complexity index is 525. The summed E-state index contributed by atoms with van der Waals surface area (Å²) in [6.45, 7) is 10.4. The second kappa shape index (κ2) is 4.92. The zero-order chi connectivity index (χ0) is 12.4. The number of hydrogen-bond acceptors (Lipinski definition) is 2. The van der Waals surface area contributed by atoms with Crippen LogP contribution in [0.1, 0.15) is 35.8 Å². The van der Waals surface area contributed by atoms with Crippen LogP contribution in [0.5, 0.6) is 0 Å². The number of benzene rings is 1. The number of fused-ring (bicyclic) bond motifs is 1. The van der Waals surface area contributed by atoms with Crippen LogP contribution in [0.15, 0.2) is 16.5 Å². The summed E-state index contributed by atoms with van der Waals surface area (Å²) in [4.78, 5) is 0. The monoisotopic (exact) mass is 231 g/mol. The van der Waals surface area contributed by atoms with Crippen LogP contribution in [0.25, 0.3) is 11.0 Å². The fraction of sp³-hybridized carbons (Fsp3) is 0.467. The lowest BCUT2D eigenvalue weighted by atomic mass is 10.1. The number of rotatable bonds is 4. The molecule has 0 aliphatic carbocycles. The van der Waals surface area contributed by atoms with Gasteiger partial charge >= 0.3 is 0 Å². The van der Waals surface area contributed by atoms with Crippen LogP contribution >= 0.6 is 0 Å². The van der Waals surface area contributed by atoms with E-state index >= 15 is 0 Å². The molecule has 2 aromatic rings. The van der Waals surface area contributed by atoms with Crippen molar-refractivity contribution in [1.29, 1.82) is 0 Å². The van der Waals surface area contributed by atoms with E-state index in [1.807, 2.05) is 0 Å². The molecule has 0 unspecified atom stereocenters. The van der Waals surface area contributed by atoms with Gasteiger partial charge in [0.15, 0.2) is 0 Å². The van der Waals surface area contributed by atoms with Crippen LogP contribution in [0.2, 0.25) is 0 Å². The Morgan fingerprint density at radius 2 is 1.88 bits per heavy atom. The molecule has 0 atom stereocenters. The molecule has 1 aromatic heterocycles. The van der Waals surface area contributed by atoms with Gasteiger partial charge in [-0.1, -0.05) is 19.1 Å². The van der Waals surface area contributed by atoms with Crippen molar-refractivity contribution in [2.45, 2.75) is 40.7 Å². The number of nitrogens with one attached hydrogen (secondary N) is 1. The lowest BCUT2D eigenvalue weighted by molar-refractivity contribution is 0.508. The minimum atomic E-state index is 0.826. The summed E-state index contributed by atoms with van der Waals surface area (Å²) in [5.41, 5.74) is 4.87. The first-order valence-electron chi connectivity index (χ1n) is 6.34. The zero-order valence-corrected chi connectivity index (χ0v) is 11.2. The molecule has 0 saturated carbocycles. The number of furan rings is 1. The Hall–Kier alpha value is -1.28. The molecule has 1 aromatic carbocycles. The van der Waals surface area contributed by atoms with Crippen LogP contribution in [0.4, 0.5) is 0 Å². The fourth-order valence-electron chi connectivity index (χ4n) is 2.11. The van der Waals surface area contributed by atoms with Gasteiger partial charge in [-0.3, -0.25) is 0 Å². The SMILES string of the molecule is CCCNCc1oc2c(C)c(C)ccc2c1C. The van der Waals surface area contributed by atoms with Gasteiger partial charge in [-0.25, -0.2) is 0 Å². The van der Waals surface area contributed by atoms with Gasteiger partial charge in [0.1, 0.15) is 11.3 Å². The maximum atomic E-state index is 5.99. The van der Waals surface area contributed by atoms with E-state index in [1.54, 1.807) is 0 Å². The van der Waals surface area contributed by atoms with Gasteiger partial charge in [0.25, 0.3) is 0 Å². The predicted molar refractivity (Wildman–Crippen MR) is 72.4 cm³/mol. The molecule has 0 aliphatic rings. The van der Waals surface area contributed by atoms with Crippen LogP contribution in [-0.4, -0.2) is 6.54 Å². The molecule has 17 heavy (non-hydrogen) atoms. The molecule has 0 amide bonds. The maximum Gasteiger partial charge on any atom is 0.137 e. The van der Waals surface area contributed by atoms with E-state index in [2.05, 4.69) is 45.1 Å². The minimum Gasteiger partial charge on any atom is -0.459 e. The molecule has 92 valence electrons. The lowest BCUT2D eigenvalue weighted by Crippen LogP contribution is -2.13. The van der Waals surface area contributed by atoms with Crippen LogP contribution < -0.4 is 5.32 Å². The van der Waals surface area contributed by atoms with Crippen molar-refractivity contribution in [2.75, 3.05) is 6.54 Å². The second-order valence-corrected chi connectivity index (χ2v) is 4.71. The third-order valence-electron chi connectivity index (χ3n) is 3.44. The molecule has 2 nitrogen and oxygen atoms in total. The minimum absolute atomic E-state index is 0.826. The van der Waals surface area contributed by atoms with Crippen molar-refractivity contribution in [1.82, 2.24) is 5.32 Å². The van der Waals surface area contributed by atoms with Crippen LogP contribution in [0.3, 0.4) is 0 Å². The van der Waals surface area contributed by atoms with Crippen molar-refractivity contribution in [2.24, 2.45) is 0 Å². The molecule has 2 heteroatoms. The van der Waals surface area contributed by atoms with Crippen LogP contribution in [0, 0.1) is 20.8 Å². The number of aryl methyl sites for hydroxylation is 3. The topological polar surface area (TPSA) is 25.2 Å². The molecule has 0 spiro atoms. The molecule has 2 rings (SSSR count). The first kappa shape index (κ1) is 12.2. The van der Waals surface area contributed by atoms with E-state index in [0.717, 1.165) is 30.9 Å². The highest BCUT2D eigenvalue weighted by Crippen LogP contribution is 2.29. The quantitative estimate of drug-likeness (QED) is 0.808. The second-order valence-electron chi connectivity index (χ2n) is 4.71. The third kappa shape index (κ3) is 2.22. The predicted octanol–water partition coefficient (Wildman–Crippen LogP) is 3.86. The Balaban J connectivity index is 2.39. The molecule has 1 N–H and O–H groups in total. The van der Waals surface area contributed by atoms with Crippen molar-refractivity contribution < 1.29 is 4.42 Å². The highest BCUT2D eigenvalue weighted by atomic mass is 16.3. The molecule has 0 radical (unpaired) electrons. The first-order valence-corrected chi connectivity index (χ1v) is 6.34. The van der Waals surface area contributed by atoms with Crippen molar-refractivity contribution in [3.63, 3.8) is 0 Å². The molecule has 0 fully saturated rings. The highest BCUT2D eigenvalue weighted by molar-refractivity contribution is 5.85. The summed E-state index contributed by atoms with van der Waals surface area (Å²) >= 11 is 0. The molecule has 0 bridgehead atoms. The summed E-state index contributed by atoms with van der Waals surface area (Å²) in [6.07, 6.45) is 1.15. The zero-order valence-electron chi connectivity index (χ0n) is 11.2. The van der Waals surface area contributed by atoms with Crippen molar-refractivity contribution >= 4 is 11.0 Å². The lowest BCUT2D eigenvalue weighted by Gasteiger charge is -2.00. The van der Waals surface area contributed by atoms with E-state index in [9.17, 15) is 0 Å².